The van der Waals surface area contributed by atoms with E-state index in [1.54, 1.807) is 0 Å². The summed E-state index contributed by atoms with van der Waals surface area (Å²) >= 11 is 7.70. The van der Waals surface area contributed by atoms with E-state index in [-0.39, 0.29) is 5.91 Å². The van der Waals surface area contributed by atoms with Gasteiger partial charge in [0.05, 0.1) is 23.9 Å². The minimum absolute atomic E-state index is 0.0164. The van der Waals surface area contributed by atoms with Gasteiger partial charge in [-0.2, -0.15) is 0 Å². The Balaban J connectivity index is 1.72. The van der Waals surface area contributed by atoms with Gasteiger partial charge in [0.1, 0.15) is 5.69 Å². The average Bonchev–Trinajstić information content (AvgIpc) is 3.16. The molecule has 118 valence electrons. The Labute approximate surface area is 142 Å². The SMILES string of the molecule is O=C(c1csc2nc(-c3ccccc3Cl)cn12)N1CCOCC1. The Kier molecular flexibility index (Phi) is 3.80. The molecule has 1 aliphatic heterocycles. The zero-order valence-electron chi connectivity index (χ0n) is 12.2. The molecule has 1 fully saturated rings. The van der Waals surface area contributed by atoms with Gasteiger partial charge in [-0.05, 0) is 6.07 Å². The van der Waals surface area contributed by atoms with Crippen LogP contribution in [0.15, 0.2) is 35.8 Å². The molecule has 4 rings (SSSR count). The molecule has 3 heterocycles. The summed E-state index contributed by atoms with van der Waals surface area (Å²) in [5.41, 5.74) is 2.28. The Morgan fingerprint density at radius 1 is 1.26 bits per heavy atom. The number of ether oxygens (including phenoxy) is 1. The van der Waals surface area contributed by atoms with Crippen LogP contribution in [0.1, 0.15) is 10.5 Å². The first kappa shape index (κ1) is 14.7. The zero-order chi connectivity index (χ0) is 15.8. The van der Waals surface area contributed by atoms with Crippen molar-refractivity contribution >= 4 is 33.8 Å². The topological polar surface area (TPSA) is 46.8 Å². The number of imidazole rings is 1. The molecular weight excluding hydrogens is 334 g/mol. The van der Waals surface area contributed by atoms with Crippen LogP contribution >= 0.6 is 22.9 Å². The Bertz CT molecular complexity index is 867. The summed E-state index contributed by atoms with van der Waals surface area (Å²) in [6.07, 6.45) is 1.88. The summed E-state index contributed by atoms with van der Waals surface area (Å²) in [4.78, 5) is 19.9. The van der Waals surface area contributed by atoms with Crippen LogP contribution < -0.4 is 0 Å². The molecule has 2 aromatic heterocycles. The van der Waals surface area contributed by atoms with E-state index < -0.39 is 0 Å². The maximum Gasteiger partial charge on any atom is 0.271 e. The fourth-order valence-corrected chi connectivity index (χ4v) is 3.74. The quantitative estimate of drug-likeness (QED) is 0.715. The van der Waals surface area contributed by atoms with Crippen molar-refractivity contribution in [2.45, 2.75) is 0 Å². The van der Waals surface area contributed by atoms with E-state index in [9.17, 15) is 4.79 Å². The molecule has 0 spiro atoms. The van der Waals surface area contributed by atoms with Crippen LogP contribution in [0, 0.1) is 0 Å². The van der Waals surface area contributed by atoms with Crippen molar-refractivity contribution in [3.63, 3.8) is 0 Å². The molecule has 1 amide bonds. The third-order valence-corrected chi connectivity index (χ3v) is 5.05. The number of morpholine rings is 1. The number of rotatable bonds is 2. The molecule has 1 saturated heterocycles. The molecule has 23 heavy (non-hydrogen) atoms. The van der Waals surface area contributed by atoms with Crippen molar-refractivity contribution in [1.29, 1.82) is 0 Å². The Morgan fingerprint density at radius 2 is 2.04 bits per heavy atom. The van der Waals surface area contributed by atoms with Crippen LogP contribution in [0.25, 0.3) is 16.2 Å². The first-order chi connectivity index (χ1) is 11.2. The summed E-state index contributed by atoms with van der Waals surface area (Å²) in [7, 11) is 0. The van der Waals surface area contributed by atoms with Crippen molar-refractivity contribution in [1.82, 2.24) is 14.3 Å². The fourth-order valence-electron chi connectivity index (χ4n) is 2.66. The highest BCUT2D eigenvalue weighted by molar-refractivity contribution is 7.15. The van der Waals surface area contributed by atoms with Crippen LogP contribution in [0.3, 0.4) is 0 Å². The molecule has 0 atom stereocenters. The summed E-state index contributed by atoms with van der Waals surface area (Å²) in [6, 6.07) is 7.58. The number of benzene rings is 1. The predicted molar refractivity (Wildman–Crippen MR) is 90.2 cm³/mol. The van der Waals surface area contributed by atoms with Gasteiger partial charge >= 0.3 is 0 Å². The Morgan fingerprint density at radius 3 is 2.83 bits per heavy atom. The number of hydrogen-bond acceptors (Lipinski definition) is 4. The van der Waals surface area contributed by atoms with Crippen molar-refractivity contribution in [2.75, 3.05) is 26.3 Å². The summed E-state index contributed by atoms with van der Waals surface area (Å²) < 4.78 is 7.15. The molecule has 5 nitrogen and oxygen atoms in total. The molecule has 7 heteroatoms. The summed E-state index contributed by atoms with van der Waals surface area (Å²) in [6.45, 7) is 2.44. The van der Waals surface area contributed by atoms with Crippen LogP contribution in [0.4, 0.5) is 0 Å². The molecule has 0 N–H and O–H groups in total. The molecular formula is C16H14ClN3O2S. The first-order valence-corrected chi connectivity index (χ1v) is 8.58. The second kappa shape index (κ2) is 5.96. The third kappa shape index (κ3) is 2.63. The van der Waals surface area contributed by atoms with E-state index >= 15 is 0 Å². The first-order valence-electron chi connectivity index (χ1n) is 7.32. The summed E-state index contributed by atoms with van der Waals surface area (Å²) in [5, 5.41) is 2.51. The molecule has 0 aliphatic carbocycles. The van der Waals surface area contributed by atoms with Crippen LogP contribution in [-0.2, 0) is 4.74 Å². The highest BCUT2D eigenvalue weighted by atomic mass is 35.5. The van der Waals surface area contributed by atoms with Gasteiger partial charge in [-0.15, -0.1) is 11.3 Å². The molecule has 3 aromatic rings. The molecule has 1 aliphatic rings. The second-order valence-electron chi connectivity index (χ2n) is 5.28. The molecule has 0 bridgehead atoms. The number of amides is 1. The number of carbonyl (C=O) groups is 1. The summed E-state index contributed by atoms with van der Waals surface area (Å²) in [5.74, 6) is 0.0164. The minimum Gasteiger partial charge on any atom is -0.378 e. The van der Waals surface area contributed by atoms with Gasteiger partial charge < -0.3 is 9.64 Å². The average molecular weight is 348 g/mol. The van der Waals surface area contributed by atoms with E-state index in [2.05, 4.69) is 4.98 Å². The van der Waals surface area contributed by atoms with E-state index in [1.807, 2.05) is 45.1 Å². The van der Waals surface area contributed by atoms with Gasteiger partial charge in [-0.3, -0.25) is 9.20 Å². The standard InChI is InChI=1S/C16H14ClN3O2S/c17-12-4-2-1-3-11(12)13-9-20-14(10-23-16(20)18-13)15(21)19-5-7-22-8-6-19/h1-4,9-10H,5-8H2. The highest BCUT2D eigenvalue weighted by Crippen LogP contribution is 2.29. The Hall–Kier alpha value is -1.89. The van der Waals surface area contributed by atoms with Gasteiger partial charge in [0.25, 0.3) is 5.91 Å². The van der Waals surface area contributed by atoms with Crippen molar-refractivity contribution in [3.8, 4) is 11.3 Å². The number of aromatic nitrogens is 2. The maximum atomic E-state index is 12.7. The number of fused-ring (bicyclic) bond motifs is 1. The van der Waals surface area contributed by atoms with Crippen LogP contribution in [-0.4, -0.2) is 46.5 Å². The predicted octanol–water partition coefficient (Wildman–Crippen LogP) is 3.19. The number of thiazole rings is 1. The third-order valence-electron chi connectivity index (χ3n) is 3.88. The smallest absolute Gasteiger partial charge is 0.271 e. The number of carbonyl (C=O) groups excluding carboxylic acids is 1. The van der Waals surface area contributed by atoms with E-state index in [4.69, 9.17) is 16.3 Å². The zero-order valence-corrected chi connectivity index (χ0v) is 13.8. The lowest BCUT2D eigenvalue weighted by atomic mass is 10.2. The molecule has 0 unspecified atom stereocenters. The van der Waals surface area contributed by atoms with Gasteiger partial charge in [-0.1, -0.05) is 29.8 Å². The molecule has 1 aromatic carbocycles. The van der Waals surface area contributed by atoms with Crippen molar-refractivity contribution in [2.24, 2.45) is 0 Å². The highest BCUT2D eigenvalue weighted by Gasteiger charge is 2.22. The number of nitrogens with zero attached hydrogens (tertiary/aromatic N) is 3. The largest absolute Gasteiger partial charge is 0.378 e. The molecule has 0 saturated carbocycles. The van der Waals surface area contributed by atoms with Gasteiger partial charge in [0, 0.05) is 30.2 Å². The van der Waals surface area contributed by atoms with Crippen LogP contribution in [0.5, 0.6) is 0 Å². The van der Waals surface area contributed by atoms with E-state index in [0.717, 1.165) is 16.2 Å². The van der Waals surface area contributed by atoms with Crippen molar-refractivity contribution < 1.29 is 9.53 Å². The van der Waals surface area contributed by atoms with Crippen LogP contribution in [0.2, 0.25) is 5.02 Å². The lowest BCUT2D eigenvalue weighted by Gasteiger charge is -2.26. The lowest BCUT2D eigenvalue weighted by molar-refractivity contribution is 0.0298. The minimum atomic E-state index is 0.0164. The van der Waals surface area contributed by atoms with Gasteiger partial charge in [0.15, 0.2) is 4.96 Å². The monoisotopic (exact) mass is 347 g/mol. The molecule has 0 radical (unpaired) electrons. The second-order valence-corrected chi connectivity index (χ2v) is 6.53. The van der Waals surface area contributed by atoms with E-state index in [0.29, 0.717) is 37.0 Å². The normalized spacial score (nSPS) is 15.3. The number of hydrogen-bond donors (Lipinski definition) is 0. The lowest BCUT2D eigenvalue weighted by Crippen LogP contribution is -2.41. The van der Waals surface area contributed by atoms with Gasteiger partial charge in [0.2, 0.25) is 0 Å². The van der Waals surface area contributed by atoms with Gasteiger partial charge in [-0.25, -0.2) is 4.98 Å². The van der Waals surface area contributed by atoms with E-state index in [1.165, 1.54) is 11.3 Å². The number of halogens is 1. The maximum absolute atomic E-state index is 12.7. The fraction of sp³-hybridized carbons (Fsp3) is 0.250. The van der Waals surface area contributed by atoms with Crippen molar-refractivity contribution in [3.05, 3.63) is 46.6 Å².